The van der Waals surface area contributed by atoms with Crippen LogP contribution in [0, 0.1) is 5.92 Å². The molecule has 1 aromatic heterocycles. The second-order valence-corrected chi connectivity index (χ2v) is 7.61. The van der Waals surface area contributed by atoms with Gasteiger partial charge in [0.2, 0.25) is 0 Å². The standard InChI is InChI=1S/C20H21N3O2/c1-22-11-16-5-13(2-3-17(16)20(22)25)14-6-18-15-4-12(8-21-9-15)10-23(18)19(24)7-14/h2-3,5-7,12,15,21H,4,8-11H2,1H3/t12-,15+/m0/s1. The minimum absolute atomic E-state index is 0.0754. The van der Waals surface area contributed by atoms with Gasteiger partial charge in [-0.05, 0) is 53.8 Å². The second kappa shape index (κ2) is 5.30. The van der Waals surface area contributed by atoms with E-state index in [1.165, 1.54) is 6.42 Å². The molecule has 1 N–H and O–H groups in total. The Balaban J connectivity index is 1.60. The smallest absolute Gasteiger partial charge is 0.254 e. The molecule has 2 atom stereocenters. The molecule has 4 heterocycles. The summed E-state index contributed by atoms with van der Waals surface area (Å²) in [6.45, 7) is 3.42. The maximum atomic E-state index is 12.7. The van der Waals surface area contributed by atoms with E-state index in [2.05, 4.69) is 17.4 Å². The molecule has 3 aliphatic rings. The van der Waals surface area contributed by atoms with Gasteiger partial charge in [-0.1, -0.05) is 6.07 Å². The lowest BCUT2D eigenvalue weighted by molar-refractivity contribution is 0.0816. The molecule has 1 aromatic carbocycles. The van der Waals surface area contributed by atoms with E-state index < -0.39 is 0 Å². The average Bonchev–Trinajstić information content (AvgIpc) is 2.90. The fourth-order valence-corrected chi connectivity index (χ4v) is 4.62. The Kier molecular flexibility index (Phi) is 3.16. The number of carbonyl (C=O) groups excluding carboxylic acids is 1. The zero-order valence-electron chi connectivity index (χ0n) is 14.3. The summed E-state index contributed by atoms with van der Waals surface area (Å²) >= 11 is 0. The number of amides is 1. The third kappa shape index (κ3) is 2.26. The number of fused-ring (bicyclic) bond motifs is 5. The predicted molar refractivity (Wildman–Crippen MR) is 95.7 cm³/mol. The normalized spacial score (nSPS) is 24.2. The number of aromatic nitrogens is 1. The molecule has 0 radical (unpaired) electrons. The molecular formula is C20H21N3O2. The molecule has 5 rings (SSSR count). The molecule has 2 aromatic rings. The number of pyridine rings is 1. The van der Waals surface area contributed by atoms with Crippen molar-refractivity contribution in [1.29, 1.82) is 0 Å². The number of hydrogen-bond donors (Lipinski definition) is 1. The van der Waals surface area contributed by atoms with Crippen molar-refractivity contribution in [2.75, 3.05) is 20.1 Å². The van der Waals surface area contributed by atoms with Crippen molar-refractivity contribution in [2.45, 2.75) is 25.4 Å². The number of nitrogens with zero attached hydrogens (tertiary/aromatic N) is 2. The molecule has 0 unspecified atom stereocenters. The lowest BCUT2D eigenvalue weighted by Crippen LogP contribution is -2.44. The van der Waals surface area contributed by atoms with Crippen LogP contribution in [0.1, 0.15) is 34.0 Å². The van der Waals surface area contributed by atoms with Gasteiger partial charge in [-0.15, -0.1) is 0 Å². The van der Waals surface area contributed by atoms with Crippen LogP contribution in [0.3, 0.4) is 0 Å². The van der Waals surface area contributed by atoms with Gasteiger partial charge in [0, 0.05) is 49.9 Å². The maximum absolute atomic E-state index is 12.7. The predicted octanol–water partition coefficient (Wildman–Crippen LogP) is 1.81. The summed E-state index contributed by atoms with van der Waals surface area (Å²) in [5.41, 5.74) is 5.05. The van der Waals surface area contributed by atoms with E-state index in [-0.39, 0.29) is 11.5 Å². The van der Waals surface area contributed by atoms with E-state index in [0.29, 0.717) is 18.4 Å². The molecule has 5 nitrogen and oxygen atoms in total. The molecular weight excluding hydrogens is 314 g/mol. The van der Waals surface area contributed by atoms with E-state index in [9.17, 15) is 9.59 Å². The van der Waals surface area contributed by atoms with Gasteiger partial charge in [0.15, 0.2) is 0 Å². The van der Waals surface area contributed by atoms with E-state index in [1.54, 1.807) is 11.0 Å². The van der Waals surface area contributed by atoms with E-state index in [0.717, 1.165) is 47.6 Å². The van der Waals surface area contributed by atoms with Crippen LogP contribution in [-0.4, -0.2) is 35.5 Å². The minimum atomic E-state index is 0.0754. The summed E-state index contributed by atoms with van der Waals surface area (Å²) in [7, 11) is 1.82. The molecule has 1 amide bonds. The van der Waals surface area contributed by atoms with E-state index >= 15 is 0 Å². The number of hydrogen-bond acceptors (Lipinski definition) is 3. The molecule has 0 aliphatic carbocycles. The van der Waals surface area contributed by atoms with Crippen molar-refractivity contribution >= 4 is 5.91 Å². The van der Waals surface area contributed by atoms with Crippen LogP contribution < -0.4 is 10.9 Å². The Bertz CT molecular complexity index is 946. The summed E-state index contributed by atoms with van der Waals surface area (Å²) in [4.78, 5) is 26.5. The fourth-order valence-electron chi connectivity index (χ4n) is 4.62. The Labute approximate surface area is 146 Å². The summed E-state index contributed by atoms with van der Waals surface area (Å²) < 4.78 is 1.97. The monoisotopic (exact) mass is 335 g/mol. The van der Waals surface area contributed by atoms with Gasteiger partial charge < -0.3 is 14.8 Å². The summed E-state index contributed by atoms with van der Waals surface area (Å²) in [5, 5.41) is 3.49. The zero-order valence-corrected chi connectivity index (χ0v) is 14.3. The van der Waals surface area contributed by atoms with Crippen molar-refractivity contribution in [2.24, 2.45) is 5.92 Å². The van der Waals surface area contributed by atoms with Crippen LogP contribution in [0.2, 0.25) is 0 Å². The highest BCUT2D eigenvalue weighted by atomic mass is 16.2. The van der Waals surface area contributed by atoms with Gasteiger partial charge in [-0.25, -0.2) is 0 Å². The first-order chi connectivity index (χ1) is 12.1. The third-order valence-electron chi connectivity index (χ3n) is 5.88. The molecule has 25 heavy (non-hydrogen) atoms. The first kappa shape index (κ1) is 14.9. The lowest BCUT2D eigenvalue weighted by atomic mass is 9.83. The molecule has 0 spiro atoms. The highest BCUT2D eigenvalue weighted by molar-refractivity contribution is 5.98. The quantitative estimate of drug-likeness (QED) is 0.865. The molecule has 5 heteroatoms. The minimum Gasteiger partial charge on any atom is -0.337 e. The SMILES string of the molecule is CN1Cc2cc(-c3cc4n(c(=O)c3)C[C@@H]3CNC[C@H]4C3)ccc2C1=O. The number of piperidine rings is 1. The van der Waals surface area contributed by atoms with Crippen LogP contribution in [0.4, 0.5) is 0 Å². The summed E-state index contributed by atoms with van der Waals surface area (Å²) in [5.74, 6) is 1.06. The summed E-state index contributed by atoms with van der Waals surface area (Å²) in [6.07, 6.45) is 1.17. The second-order valence-electron chi connectivity index (χ2n) is 7.61. The van der Waals surface area contributed by atoms with Gasteiger partial charge in [0.1, 0.15) is 0 Å². The number of carbonyl (C=O) groups is 1. The first-order valence-electron chi connectivity index (χ1n) is 8.94. The molecule has 1 saturated heterocycles. The van der Waals surface area contributed by atoms with Gasteiger partial charge >= 0.3 is 0 Å². The van der Waals surface area contributed by atoms with Gasteiger partial charge in [0.05, 0.1) is 0 Å². The van der Waals surface area contributed by atoms with Crippen molar-refractivity contribution < 1.29 is 4.79 Å². The Morgan fingerprint density at radius 3 is 2.84 bits per heavy atom. The molecule has 3 aliphatic heterocycles. The van der Waals surface area contributed by atoms with Crippen LogP contribution in [-0.2, 0) is 13.1 Å². The Morgan fingerprint density at radius 2 is 1.96 bits per heavy atom. The number of rotatable bonds is 1. The van der Waals surface area contributed by atoms with Crippen LogP contribution >= 0.6 is 0 Å². The van der Waals surface area contributed by atoms with Crippen LogP contribution in [0.15, 0.2) is 35.1 Å². The topological polar surface area (TPSA) is 54.3 Å². The van der Waals surface area contributed by atoms with E-state index in [4.69, 9.17) is 0 Å². The number of benzene rings is 1. The fraction of sp³-hybridized carbons (Fsp3) is 0.400. The highest BCUT2D eigenvalue weighted by Crippen LogP contribution is 2.34. The van der Waals surface area contributed by atoms with Crippen molar-refractivity contribution in [3.05, 3.63) is 57.5 Å². The maximum Gasteiger partial charge on any atom is 0.254 e. The highest BCUT2D eigenvalue weighted by Gasteiger charge is 2.31. The van der Waals surface area contributed by atoms with Crippen molar-refractivity contribution in [1.82, 2.24) is 14.8 Å². The lowest BCUT2D eigenvalue weighted by Gasteiger charge is -2.37. The molecule has 0 saturated carbocycles. The third-order valence-corrected chi connectivity index (χ3v) is 5.88. The molecule has 128 valence electrons. The first-order valence-corrected chi connectivity index (χ1v) is 8.94. The van der Waals surface area contributed by atoms with Crippen molar-refractivity contribution in [3.8, 4) is 11.1 Å². The Morgan fingerprint density at radius 1 is 1.08 bits per heavy atom. The van der Waals surface area contributed by atoms with Crippen molar-refractivity contribution in [3.63, 3.8) is 0 Å². The molecule has 1 fully saturated rings. The van der Waals surface area contributed by atoms with Crippen LogP contribution in [0.5, 0.6) is 0 Å². The van der Waals surface area contributed by atoms with Gasteiger partial charge in [-0.3, -0.25) is 9.59 Å². The number of nitrogens with one attached hydrogen (secondary N) is 1. The van der Waals surface area contributed by atoms with Gasteiger partial charge in [-0.2, -0.15) is 0 Å². The van der Waals surface area contributed by atoms with E-state index in [1.807, 2.05) is 23.7 Å². The summed E-state index contributed by atoms with van der Waals surface area (Å²) in [6, 6.07) is 9.85. The molecule has 2 bridgehead atoms. The Hall–Kier alpha value is -2.40. The van der Waals surface area contributed by atoms with Gasteiger partial charge in [0.25, 0.3) is 11.5 Å². The largest absolute Gasteiger partial charge is 0.337 e. The average molecular weight is 335 g/mol. The zero-order chi connectivity index (χ0) is 17.1. The van der Waals surface area contributed by atoms with Crippen LogP contribution in [0.25, 0.3) is 11.1 Å².